The van der Waals surface area contributed by atoms with Crippen LogP contribution in [0.1, 0.15) is 12.8 Å². The summed E-state index contributed by atoms with van der Waals surface area (Å²) in [7, 11) is 0. The number of hydrogen-bond donors (Lipinski definition) is 0. The molecular weight excluding hydrogens is 359 g/mol. The van der Waals surface area contributed by atoms with Gasteiger partial charge in [0.05, 0.1) is 23.5 Å². The van der Waals surface area contributed by atoms with Crippen LogP contribution in [0.25, 0.3) is 16.6 Å². The number of nitrogens with zero attached hydrogens (tertiary/aromatic N) is 4. The lowest BCUT2D eigenvalue weighted by atomic mass is 10.2. The monoisotopic (exact) mass is 380 g/mol. The maximum absolute atomic E-state index is 14.2. The van der Waals surface area contributed by atoms with Gasteiger partial charge in [0, 0.05) is 31.6 Å². The van der Waals surface area contributed by atoms with E-state index < -0.39 is 0 Å². The van der Waals surface area contributed by atoms with Crippen molar-refractivity contribution in [3.63, 3.8) is 0 Å². The SMILES string of the molecule is O=C1N(CC2CCCO2)CCN1c1cccc2c1cnn2-c1ccccc1F. The maximum Gasteiger partial charge on any atom is 0.324 e. The number of carbonyl (C=O) groups is 1. The van der Waals surface area contributed by atoms with Gasteiger partial charge in [-0.05, 0) is 37.1 Å². The van der Waals surface area contributed by atoms with Gasteiger partial charge in [-0.3, -0.25) is 4.90 Å². The first-order valence-corrected chi connectivity index (χ1v) is 9.62. The van der Waals surface area contributed by atoms with Crippen molar-refractivity contribution in [1.29, 1.82) is 0 Å². The number of fused-ring (bicyclic) bond motifs is 1. The number of amides is 2. The maximum atomic E-state index is 14.2. The second-order valence-corrected chi connectivity index (χ2v) is 7.23. The van der Waals surface area contributed by atoms with Gasteiger partial charge < -0.3 is 9.64 Å². The van der Waals surface area contributed by atoms with Gasteiger partial charge in [-0.15, -0.1) is 0 Å². The molecule has 2 fully saturated rings. The summed E-state index contributed by atoms with van der Waals surface area (Å²) in [4.78, 5) is 16.6. The Balaban J connectivity index is 1.47. The van der Waals surface area contributed by atoms with Crippen LogP contribution in [0.15, 0.2) is 48.7 Å². The molecule has 6 nitrogen and oxygen atoms in total. The molecule has 1 aromatic heterocycles. The van der Waals surface area contributed by atoms with E-state index in [0.717, 1.165) is 36.0 Å². The highest BCUT2D eigenvalue weighted by atomic mass is 19.1. The van der Waals surface area contributed by atoms with Crippen molar-refractivity contribution in [2.45, 2.75) is 18.9 Å². The Bertz CT molecular complexity index is 1030. The molecule has 3 aromatic rings. The highest BCUT2D eigenvalue weighted by Crippen LogP contribution is 2.31. The zero-order valence-corrected chi connectivity index (χ0v) is 15.4. The summed E-state index contributed by atoms with van der Waals surface area (Å²) < 4.78 is 21.5. The predicted octanol–water partition coefficient (Wildman–Crippen LogP) is 3.59. The lowest BCUT2D eigenvalue weighted by Crippen LogP contribution is -2.36. The number of carbonyl (C=O) groups excluding carboxylic acids is 1. The van der Waals surface area contributed by atoms with E-state index in [2.05, 4.69) is 5.10 Å². The fourth-order valence-corrected chi connectivity index (χ4v) is 4.10. The molecule has 2 saturated heterocycles. The van der Waals surface area contributed by atoms with Gasteiger partial charge in [-0.25, -0.2) is 13.9 Å². The Morgan fingerprint density at radius 3 is 2.79 bits per heavy atom. The first-order valence-electron chi connectivity index (χ1n) is 9.62. The zero-order chi connectivity index (χ0) is 19.1. The standard InChI is InChI=1S/C21H21FN4O2/c22-17-6-1-2-7-20(17)26-19-9-3-8-18(16(19)13-23-26)25-11-10-24(21(25)27)14-15-5-4-12-28-15/h1-3,6-9,13,15H,4-5,10-12,14H2. The minimum atomic E-state index is -0.335. The van der Waals surface area contributed by atoms with Gasteiger partial charge in [-0.2, -0.15) is 5.10 Å². The third-order valence-corrected chi connectivity index (χ3v) is 5.50. The van der Waals surface area contributed by atoms with E-state index in [9.17, 15) is 9.18 Å². The van der Waals surface area contributed by atoms with Gasteiger partial charge in [0.25, 0.3) is 0 Å². The van der Waals surface area contributed by atoms with Crippen molar-refractivity contribution < 1.29 is 13.9 Å². The highest BCUT2D eigenvalue weighted by Gasteiger charge is 2.33. The zero-order valence-electron chi connectivity index (χ0n) is 15.4. The summed E-state index contributed by atoms with van der Waals surface area (Å²) in [6.45, 7) is 2.72. The van der Waals surface area contributed by atoms with Crippen molar-refractivity contribution in [1.82, 2.24) is 14.7 Å². The number of aromatic nitrogens is 2. The predicted molar refractivity (Wildman–Crippen MR) is 104 cm³/mol. The van der Waals surface area contributed by atoms with E-state index in [1.54, 1.807) is 34.0 Å². The van der Waals surface area contributed by atoms with E-state index >= 15 is 0 Å². The van der Waals surface area contributed by atoms with Crippen LogP contribution in [0.2, 0.25) is 0 Å². The molecule has 144 valence electrons. The van der Waals surface area contributed by atoms with Crippen molar-refractivity contribution in [2.24, 2.45) is 0 Å². The molecule has 3 heterocycles. The molecule has 2 aromatic carbocycles. The van der Waals surface area contributed by atoms with Gasteiger partial charge in [0.15, 0.2) is 0 Å². The molecule has 0 bridgehead atoms. The molecule has 2 aliphatic heterocycles. The van der Waals surface area contributed by atoms with Crippen molar-refractivity contribution in [2.75, 3.05) is 31.1 Å². The van der Waals surface area contributed by atoms with Crippen LogP contribution in [-0.4, -0.2) is 53.1 Å². The largest absolute Gasteiger partial charge is 0.376 e. The average molecular weight is 380 g/mol. The number of benzene rings is 2. The van der Waals surface area contributed by atoms with Crippen LogP contribution in [0.4, 0.5) is 14.9 Å². The van der Waals surface area contributed by atoms with Crippen molar-refractivity contribution in [3.8, 4) is 5.69 Å². The van der Waals surface area contributed by atoms with Crippen LogP contribution in [0.5, 0.6) is 0 Å². The fraction of sp³-hybridized carbons (Fsp3) is 0.333. The van der Waals surface area contributed by atoms with Crippen LogP contribution < -0.4 is 4.90 Å². The Morgan fingerprint density at radius 2 is 1.96 bits per heavy atom. The Kier molecular flexibility index (Phi) is 4.24. The molecule has 0 spiro atoms. The van der Waals surface area contributed by atoms with E-state index in [-0.39, 0.29) is 18.0 Å². The Morgan fingerprint density at radius 1 is 1.11 bits per heavy atom. The van der Waals surface area contributed by atoms with Crippen LogP contribution >= 0.6 is 0 Å². The summed E-state index contributed by atoms with van der Waals surface area (Å²) in [5, 5.41) is 5.22. The fourth-order valence-electron chi connectivity index (χ4n) is 4.10. The number of para-hydroxylation sites is 1. The third-order valence-electron chi connectivity index (χ3n) is 5.50. The van der Waals surface area contributed by atoms with E-state index in [1.165, 1.54) is 6.07 Å². The molecule has 7 heteroatoms. The number of ether oxygens (including phenoxy) is 1. The molecular formula is C21H21FN4O2. The molecule has 2 aliphatic rings. The summed E-state index contributed by atoms with van der Waals surface area (Å²) in [5.41, 5.74) is 1.97. The van der Waals surface area contributed by atoms with Crippen LogP contribution in [0, 0.1) is 5.82 Å². The average Bonchev–Trinajstić information content (AvgIpc) is 3.44. The smallest absolute Gasteiger partial charge is 0.324 e. The van der Waals surface area contributed by atoms with Gasteiger partial charge in [-0.1, -0.05) is 18.2 Å². The lowest BCUT2D eigenvalue weighted by Gasteiger charge is -2.21. The summed E-state index contributed by atoms with van der Waals surface area (Å²) in [5.74, 6) is -0.335. The van der Waals surface area contributed by atoms with Crippen LogP contribution in [0.3, 0.4) is 0 Å². The highest BCUT2D eigenvalue weighted by molar-refractivity contribution is 6.03. The molecule has 2 amide bonds. The summed E-state index contributed by atoms with van der Waals surface area (Å²) in [6, 6.07) is 12.2. The molecule has 1 atom stereocenters. The molecule has 28 heavy (non-hydrogen) atoms. The molecule has 0 N–H and O–H groups in total. The normalized spacial score (nSPS) is 19.9. The first-order chi connectivity index (χ1) is 13.7. The number of anilines is 1. The minimum Gasteiger partial charge on any atom is -0.376 e. The van der Waals surface area contributed by atoms with Gasteiger partial charge >= 0.3 is 6.03 Å². The summed E-state index contributed by atoms with van der Waals surface area (Å²) in [6.07, 6.45) is 3.91. The Labute approximate surface area is 162 Å². The van der Waals surface area contributed by atoms with Crippen LogP contribution in [-0.2, 0) is 4.74 Å². The van der Waals surface area contributed by atoms with Gasteiger partial charge in [0.2, 0.25) is 0 Å². The summed E-state index contributed by atoms with van der Waals surface area (Å²) >= 11 is 0. The van der Waals surface area contributed by atoms with Crippen molar-refractivity contribution in [3.05, 3.63) is 54.5 Å². The van der Waals surface area contributed by atoms with Crippen molar-refractivity contribution >= 4 is 22.6 Å². The second-order valence-electron chi connectivity index (χ2n) is 7.23. The number of urea groups is 1. The Hall–Kier alpha value is -2.93. The lowest BCUT2D eigenvalue weighted by molar-refractivity contribution is 0.0874. The van der Waals surface area contributed by atoms with E-state index in [0.29, 0.717) is 25.3 Å². The second kappa shape index (κ2) is 6.91. The van der Waals surface area contributed by atoms with E-state index in [4.69, 9.17) is 4.74 Å². The van der Waals surface area contributed by atoms with Gasteiger partial charge in [0.1, 0.15) is 11.5 Å². The minimum absolute atomic E-state index is 0.0124. The number of halogens is 1. The molecule has 0 radical (unpaired) electrons. The molecule has 5 rings (SSSR count). The molecule has 0 saturated carbocycles. The first kappa shape index (κ1) is 17.2. The molecule has 1 unspecified atom stereocenters. The number of rotatable bonds is 4. The molecule has 0 aliphatic carbocycles. The topological polar surface area (TPSA) is 50.6 Å². The number of hydrogen-bond acceptors (Lipinski definition) is 3. The third kappa shape index (κ3) is 2.82. The van der Waals surface area contributed by atoms with E-state index in [1.807, 2.05) is 23.1 Å². The quantitative estimate of drug-likeness (QED) is 0.695.